The molecule has 1 aromatic carbocycles. The molecular formula is C16H18FNO2. The molecule has 1 heterocycles. The molecule has 1 atom stereocenters. The average Bonchev–Trinajstić information content (AvgIpc) is 3.17. The second kappa shape index (κ2) is 5.00. The summed E-state index contributed by atoms with van der Waals surface area (Å²) in [4.78, 5) is 26.5. The van der Waals surface area contributed by atoms with E-state index >= 15 is 0 Å². The molecular weight excluding hydrogens is 257 g/mol. The summed E-state index contributed by atoms with van der Waals surface area (Å²) in [5.41, 5.74) is 0.971. The van der Waals surface area contributed by atoms with Gasteiger partial charge in [-0.15, -0.1) is 0 Å². The van der Waals surface area contributed by atoms with E-state index in [1.54, 1.807) is 17.9 Å². The maximum atomic E-state index is 13.3. The molecule has 1 amide bonds. The van der Waals surface area contributed by atoms with Gasteiger partial charge in [-0.05, 0) is 56.4 Å². The molecule has 4 heteroatoms. The molecule has 0 spiro atoms. The van der Waals surface area contributed by atoms with E-state index < -0.39 is 0 Å². The van der Waals surface area contributed by atoms with Crippen LogP contribution >= 0.6 is 0 Å². The van der Waals surface area contributed by atoms with E-state index in [4.69, 9.17) is 0 Å². The highest BCUT2D eigenvalue weighted by molar-refractivity contribution is 6.02. The van der Waals surface area contributed by atoms with Crippen molar-refractivity contribution >= 4 is 11.7 Å². The fourth-order valence-corrected chi connectivity index (χ4v) is 2.86. The molecule has 0 bridgehead atoms. The third-order valence-electron chi connectivity index (χ3n) is 4.21. The smallest absolute Gasteiger partial charge is 0.226 e. The van der Waals surface area contributed by atoms with Crippen LogP contribution in [0, 0.1) is 18.7 Å². The molecule has 1 saturated carbocycles. The topological polar surface area (TPSA) is 37.4 Å². The predicted molar refractivity (Wildman–Crippen MR) is 72.9 cm³/mol. The number of Topliss-reactive ketones (excluding diaryl/α,β-unsaturated/α-hetero) is 1. The summed E-state index contributed by atoms with van der Waals surface area (Å²) in [5, 5.41) is 0. The molecule has 0 aromatic heterocycles. The molecule has 20 heavy (non-hydrogen) atoms. The van der Waals surface area contributed by atoms with E-state index in [-0.39, 0.29) is 29.5 Å². The maximum absolute atomic E-state index is 13.3. The zero-order valence-electron chi connectivity index (χ0n) is 11.6. The molecule has 0 radical (unpaired) electrons. The Morgan fingerprint density at radius 2 is 2.00 bits per heavy atom. The van der Waals surface area contributed by atoms with Crippen molar-refractivity contribution in [2.24, 2.45) is 5.92 Å². The fourth-order valence-electron chi connectivity index (χ4n) is 2.86. The molecule has 1 aromatic rings. The fraction of sp³-hybridized carbons (Fsp3) is 0.500. The Morgan fingerprint density at radius 1 is 1.25 bits per heavy atom. The molecule has 3 rings (SSSR count). The molecule has 1 saturated heterocycles. The molecule has 2 fully saturated rings. The first-order valence-electron chi connectivity index (χ1n) is 7.19. The summed E-state index contributed by atoms with van der Waals surface area (Å²) >= 11 is 0. The lowest BCUT2D eigenvalue weighted by Crippen LogP contribution is -2.41. The number of halogens is 1. The highest BCUT2D eigenvalue weighted by Crippen LogP contribution is 2.34. The van der Waals surface area contributed by atoms with Crippen LogP contribution in [0.5, 0.6) is 0 Å². The van der Waals surface area contributed by atoms with Crippen molar-refractivity contribution in [1.29, 1.82) is 0 Å². The van der Waals surface area contributed by atoms with Gasteiger partial charge in [-0.25, -0.2) is 4.39 Å². The monoisotopic (exact) mass is 275 g/mol. The van der Waals surface area contributed by atoms with Crippen LogP contribution in [0.15, 0.2) is 18.2 Å². The number of likely N-dealkylation sites (tertiary alicyclic amines) is 1. The Bertz CT molecular complexity index is 566. The van der Waals surface area contributed by atoms with Crippen molar-refractivity contribution in [2.75, 3.05) is 6.54 Å². The quantitative estimate of drug-likeness (QED) is 0.795. The Kier molecular flexibility index (Phi) is 3.32. The van der Waals surface area contributed by atoms with Crippen LogP contribution in [0.3, 0.4) is 0 Å². The number of ketones is 1. The van der Waals surface area contributed by atoms with Gasteiger partial charge in [0.2, 0.25) is 5.91 Å². The first-order chi connectivity index (χ1) is 9.58. The minimum Gasteiger partial charge on any atom is -0.332 e. The lowest BCUT2D eigenvalue weighted by molar-refractivity contribution is -0.132. The molecule has 3 nitrogen and oxygen atoms in total. The lowest BCUT2D eigenvalue weighted by Gasteiger charge is -2.23. The Labute approximate surface area is 117 Å². The van der Waals surface area contributed by atoms with Crippen molar-refractivity contribution in [2.45, 2.75) is 38.6 Å². The minimum absolute atomic E-state index is 0.0559. The van der Waals surface area contributed by atoms with Gasteiger partial charge in [0.15, 0.2) is 5.78 Å². The molecule has 1 aliphatic heterocycles. The van der Waals surface area contributed by atoms with Crippen molar-refractivity contribution < 1.29 is 14.0 Å². The zero-order valence-corrected chi connectivity index (χ0v) is 11.6. The van der Waals surface area contributed by atoms with E-state index in [9.17, 15) is 14.0 Å². The molecule has 2 aliphatic rings. The summed E-state index contributed by atoms with van der Waals surface area (Å²) in [6.07, 6.45) is 3.49. The predicted octanol–water partition coefficient (Wildman–Crippen LogP) is 2.72. The van der Waals surface area contributed by atoms with Crippen LogP contribution in [-0.4, -0.2) is 29.2 Å². The standard InChI is InChI=1S/C16H18FNO2/c1-10-9-12(6-7-13(10)17)15(19)14-3-2-8-18(14)16(20)11-4-5-11/h6-7,9,11,14H,2-5,8H2,1H3. The molecule has 0 N–H and O–H groups in total. The number of nitrogens with zero attached hydrogens (tertiary/aromatic N) is 1. The van der Waals surface area contributed by atoms with E-state index in [2.05, 4.69) is 0 Å². The van der Waals surface area contributed by atoms with E-state index in [0.29, 0.717) is 24.1 Å². The van der Waals surface area contributed by atoms with E-state index in [0.717, 1.165) is 19.3 Å². The average molecular weight is 275 g/mol. The van der Waals surface area contributed by atoms with Crippen LogP contribution in [0.25, 0.3) is 0 Å². The van der Waals surface area contributed by atoms with Gasteiger partial charge in [0.1, 0.15) is 5.82 Å². The first kappa shape index (κ1) is 13.3. The lowest BCUT2D eigenvalue weighted by atomic mass is 10.00. The van der Waals surface area contributed by atoms with Gasteiger partial charge in [0.05, 0.1) is 6.04 Å². The van der Waals surface area contributed by atoms with Crippen LogP contribution in [-0.2, 0) is 4.79 Å². The third-order valence-corrected chi connectivity index (χ3v) is 4.21. The van der Waals surface area contributed by atoms with E-state index in [1.165, 1.54) is 12.1 Å². The number of rotatable bonds is 3. The SMILES string of the molecule is Cc1cc(C(=O)C2CCCN2C(=O)C2CC2)ccc1F. The van der Waals surface area contributed by atoms with Gasteiger partial charge in [-0.2, -0.15) is 0 Å². The van der Waals surface area contributed by atoms with Gasteiger partial charge < -0.3 is 4.90 Å². The second-order valence-electron chi connectivity index (χ2n) is 5.79. The highest BCUT2D eigenvalue weighted by Gasteiger charge is 2.40. The number of hydrogen-bond acceptors (Lipinski definition) is 2. The summed E-state index contributed by atoms with van der Waals surface area (Å²) in [6, 6.07) is 4.07. The Hall–Kier alpha value is -1.71. The maximum Gasteiger partial charge on any atom is 0.226 e. The summed E-state index contributed by atoms with van der Waals surface area (Å²) in [7, 11) is 0. The van der Waals surface area contributed by atoms with Crippen molar-refractivity contribution in [3.8, 4) is 0 Å². The first-order valence-corrected chi connectivity index (χ1v) is 7.19. The Morgan fingerprint density at radius 3 is 2.65 bits per heavy atom. The minimum atomic E-state index is -0.354. The number of carbonyl (C=O) groups excluding carboxylic acids is 2. The van der Waals surface area contributed by atoms with Crippen molar-refractivity contribution in [3.63, 3.8) is 0 Å². The van der Waals surface area contributed by atoms with Gasteiger partial charge in [0.25, 0.3) is 0 Å². The largest absolute Gasteiger partial charge is 0.332 e. The van der Waals surface area contributed by atoms with E-state index in [1.807, 2.05) is 0 Å². The van der Waals surface area contributed by atoms with Crippen molar-refractivity contribution in [1.82, 2.24) is 4.90 Å². The van der Waals surface area contributed by atoms with Crippen molar-refractivity contribution in [3.05, 3.63) is 35.1 Å². The number of amides is 1. The molecule has 1 aliphatic carbocycles. The number of hydrogen-bond donors (Lipinski definition) is 0. The van der Waals surface area contributed by atoms with Gasteiger partial charge in [-0.1, -0.05) is 0 Å². The van der Waals surface area contributed by atoms with Crippen LogP contribution < -0.4 is 0 Å². The number of carbonyl (C=O) groups is 2. The summed E-state index contributed by atoms with van der Waals surface area (Å²) in [5.74, 6) is -0.100. The van der Waals surface area contributed by atoms with Gasteiger partial charge >= 0.3 is 0 Å². The molecule has 106 valence electrons. The van der Waals surface area contributed by atoms with Gasteiger partial charge in [-0.3, -0.25) is 9.59 Å². The third kappa shape index (κ3) is 2.35. The highest BCUT2D eigenvalue weighted by atomic mass is 19.1. The van der Waals surface area contributed by atoms with Gasteiger partial charge in [0, 0.05) is 18.0 Å². The normalized spacial score (nSPS) is 22.1. The van der Waals surface area contributed by atoms with Crippen LogP contribution in [0.2, 0.25) is 0 Å². The van der Waals surface area contributed by atoms with Crippen LogP contribution in [0.4, 0.5) is 4.39 Å². The number of benzene rings is 1. The second-order valence-corrected chi connectivity index (χ2v) is 5.79. The van der Waals surface area contributed by atoms with Crippen LogP contribution in [0.1, 0.15) is 41.6 Å². The summed E-state index contributed by atoms with van der Waals surface area (Å²) < 4.78 is 13.3. The Balaban J connectivity index is 1.81. The summed E-state index contributed by atoms with van der Waals surface area (Å²) in [6.45, 7) is 2.32. The molecule has 1 unspecified atom stereocenters. The number of aryl methyl sites for hydroxylation is 1. The zero-order chi connectivity index (χ0) is 14.3.